The van der Waals surface area contributed by atoms with E-state index in [1.165, 1.54) is 10.4 Å². The smallest absolute Gasteiger partial charge is 0.311 e. The molecule has 0 bridgehead atoms. The predicted octanol–water partition coefficient (Wildman–Crippen LogP) is 3.45. The van der Waals surface area contributed by atoms with E-state index in [1.807, 2.05) is 19.2 Å². The third-order valence-corrected chi connectivity index (χ3v) is 6.80. The molecule has 2 atom stereocenters. The monoisotopic (exact) mass is 335 g/mol. The van der Waals surface area contributed by atoms with Crippen molar-refractivity contribution in [1.29, 1.82) is 0 Å². The summed E-state index contributed by atoms with van der Waals surface area (Å²) in [6, 6.07) is 0. The van der Waals surface area contributed by atoms with Crippen molar-refractivity contribution in [2.45, 2.75) is 46.5 Å². The minimum Gasteiger partial charge on any atom is -0.481 e. The molecule has 0 radical (unpaired) electrons. The standard InChI is InChI=1S/C18H25NO3S/c1-11(2)18(17(21)22)6-7-19(10-18)16(20)14-9-23-15-8-12(3)4-5-13(14)15/h9,11-12H,4-8,10H2,1-3H3,(H,21,22). The maximum atomic E-state index is 12.9. The van der Waals surface area contributed by atoms with Crippen molar-refractivity contribution in [3.63, 3.8) is 0 Å². The van der Waals surface area contributed by atoms with Gasteiger partial charge in [-0.25, -0.2) is 0 Å². The first-order chi connectivity index (χ1) is 10.8. The van der Waals surface area contributed by atoms with Crippen LogP contribution in [0.5, 0.6) is 0 Å². The molecule has 2 aliphatic rings. The minimum atomic E-state index is -0.791. The molecule has 1 aromatic rings. The molecule has 0 saturated carbocycles. The lowest BCUT2D eigenvalue weighted by Crippen LogP contribution is -2.40. The van der Waals surface area contributed by atoms with E-state index >= 15 is 0 Å². The molecule has 1 fully saturated rings. The summed E-state index contributed by atoms with van der Waals surface area (Å²) in [6.45, 7) is 7.02. The first-order valence-electron chi connectivity index (χ1n) is 8.47. The normalized spacial score (nSPS) is 27.3. The second-order valence-electron chi connectivity index (χ2n) is 7.49. The highest BCUT2D eigenvalue weighted by atomic mass is 32.1. The Morgan fingerprint density at radius 3 is 2.78 bits per heavy atom. The second-order valence-corrected chi connectivity index (χ2v) is 8.46. The predicted molar refractivity (Wildman–Crippen MR) is 90.9 cm³/mol. The molecule has 4 nitrogen and oxygen atoms in total. The van der Waals surface area contributed by atoms with Crippen LogP contribution in [0.15, 0.2) is 5.38 Å². The van der Waals surface area contributed by atoms with Gasteiger partial charge in [0.1, 0.15) is 0 Å². The average Bonchev–Trinajstić information content (AvgIpc) is 3.11. The number of likely N-dealkylation sites (tertiary alicyclic amines) is 1. The van der Waals surface area contributed by atoms with Crippen LogP contribution in [-0.2, 0) is 17.6 Å². The van der Waals surface area contributed by atoms with E-state index in [9.17, 15) is 14.7 Å². The Balaban J connectivity index is 1.82. The van der Waals surface area contributed by atoms with Crippen molar-refractivity contribution in [2.24, 2.45) is 17.3 Å². The summed E-state index contributed by atoms with van der Waals surface area (Å²) in [5.74, 6) is -0.0312. The molecule has 3 rings (SSSR count). The zero-order chi connectivity index (χ0) is 16.8. The van der Waals surface area contributed by atoms with Gasteiger partial charge in [-0.2, -0.15) is 0 Å². The van der Waals surface area contributed by atoms with Crippen molar-refractivity contribution in [1.82, 2.24) is 4.90 Å². The van der Waals surface area contributed by atoms with E-state index in [-0.39, 0.29) is 11.8 Å². The van der Waals surface area contributed by atoms with Crippen LogP contribution in [0.3, 0.4) is 0 Å². The van der Waals surface area contributed by atoms with Crippen molar-refractivity contribution < 1.29 is 14.7 Å². The molecular formula is C18H25NO3S. The summed E-state index contributed by atoms with van der Waals surface area (Å²) >= 11 is 1.69. The van der Waals surface area contributed by atoms with Gasteiger partial charge in [-0.3, -0.25) is 9.59 Å². The lowest BCUT2D eigenvalue weighted by molar-refractivity contribution is -0.150. The summed E-state index contributed by atoms with van der Waals surface area (Å²) in [5.41, 5.74) is 1.25. The Kier molecular flexibility index (Phi) is 4.25. The van der Waals surface area contributed by atoms with Gasteiger partial charge in [0.05, 0.1) is 11.0 Å². The van der Waals surface area contributed by atoms with Gasteiger partial charge in [0.15, 0.2) is 0 Å². The molecular weight excluding hydrogens is 310 g/mol. The van der Waals surface area contributed by atoms with Crippen LogP contribution in [0.4, 0.5) is 0 Å². The van der Waals surface area contributed by atoms with Gasteiger partial charge in [-0.1, -0.05) is 20.8 Å². The van der Waals surface area contributed by atoms with Gasteiger partial charge in [-0.05, 0) is 43.1 Å². The molecule has 1 saturated heterocycles. The summed E-state index contributed by atoms with van der Waals surface area (Å²) in [6.07, 6.45) is 3.73. The van der Waals surface area contributed by atoms with E-state index in [2.05, 4.69) is 6.92 Å². The number of fused-ring (bicyclic) bond motifs is 1. The van der Waals surface area contributed by atoms with E-state index in [0.717, 1.165) is 24.8 Å². The van der Waals surface area contributed by atoms with Crippen LogP contribution >= 0.6 is 11.3 Å². The fourth-order valence-electron chi connectivity index (χ4n) is 3.93. The van der Waals surface area contributed by atoms with Gasteiger partial charge in [0.2, 0.25) is 0 Å². The molecule has 1 aliphatic carbocycles. The highest BCUT2D eigenvalue weighted by molar-refractivity contribution is 7.10. The number of carboxylic acids is 1. The number of thiophene rings is 1. The fraction of sp³-hybridized carbons (Fsp3) is 0.667. The van der Waals surface area contributed by atoms with E-state index in [4.69, 9.17) is 0 Å². The van der Waals surface area contributed by atoms with E-state index < -0.39 is 11.4 Å². The third-order valence-electron chi connectivity index (χ3n) is 5.75. The maximum absolute atomic E-state index is 12.9. The van der Waals surface area contributed by atoms with Crippen LogP contribution in [0.25, 0.3) is 0 Å². The lowest BCUT2D eigenvalue weighted by atomic mass is 9.76. The van der Waals surface area contributed by atoms with Crippen LogP contribution < -0.4 is 0 Å². The summed E-state index contributed by atoms with van der Waals surface area (Å²) < 4.78 is 0. The molecule has 0 spiro atoms. The molecule has 126 valence electrons. The SMILES string of the molecule is CC1CCc2c(C(=O)N3CCC(C(=O)O)(C(C)C)C3)csc2C1. The zero-order valence-electron chi connectivity index (χ0n) is 14.1. The van der Waals surface area contributed by atoms with E-state index in [0.29, 0.717) is 25.4 Å². The Morgan fingerprint density at radius 2 is 2.17 bits per heavy atom. The Bertz CT molecular complexity index is 636. The quantitative estimate of drug-likeness (QED) is 0.920. The number of carboxylic acid groups (broad SMARTS) is 1. The molecule has 2 heterocycles. The number of amides is 1. The van der Waals surface area contributed by atoms with Crippen LogP contribution in [0.2, 0.25) is 0 Å². The molecule has 5 heteroatoms. The molecule has 1 N–H and O–H groups in total. The topological polar surface area (TPSA) is 57.6 Å². The molecule has 0 aromatic carbocycles. The van der Waals surface area contributed by atoms with Crippen molar-refractivity contribution in [2.75, 3.05) is 13.1 Å². The lowest BCUT2D eigenvalue weighted by Gasteiger charge is -2.28. The molecule has 2 unspecified atom stereocenters. The Morgan fingerprint density at radius 1 is 1.43 bits per heavy atom. The van der Waals surface area contributed by atoms with E-state index in [1.54, 1.807) is 16.2 Å². The minimum absolute atomic E-state index is 0.0232. The van der Waals surface area contributed by atoms with Gasteiger partial charge in [-0.15, -0.1) is 11.3 Å². The van der Waals surface area contributed by atoms with Gasteiger partial charge < -0.3 is 10.0 Å². The first kappa shape index (κ1) is 16.5. The number of aliphatic carboxylic acids is 1. The largest absolute Gasteiger partial charge is 0.481 e. The third kappa shape index (κ3) is 2.69. The Hall–Kier alpha value is -1.36. The summed E-state index contributed by atoms with van der Waals surface area (Å²) in [4.78, 5) is 27.8. The zero-order valence-corrected chi connectivity index (χ0v) is 14.9. The number of rotatable bonds is 3. The van der Waals surface area contributed by atoms with Crippen LogP contribution in [0, 0.1) is 17.3 Å². The number of nitrogens with zero attached hydrogens (tertiary/aromatic N) is 1. The molecule has 23 heavy (non-hydrogen) atoms. The average molecular weight is 335 g/mol. The summed E-state index contributed by atoms with van der Waals surface area (Å²) in [5, 5.41) is 11.6. The summed E-state index contributed by atoms with van der Waals surface area (Å²) in [7, 11) is 0. The van der Waals surface area contributed by atoms with Crippen molar-refractivity contribution >= 4 is 23.2 Å². The number of carbonyl (C=O) groups excluding carboxylic acids is 1. The van der Waals surface area contributed by atoms with Crippen molar-refractivity contribution in [3.8, 4) is 0 Å². The molecule has 1 aliphatic heterocycles. The fourth-order valence-corrected chi connectivity index (χ4v) is 5.16. The van der Waals surface area contributed by atoms with Gasteiger partial charge in [0, 0.05) is 23.3 Å². The number of hydrogen-bond acceptors (Lipinski definition) is 3. The van der Waals surface area contributed by atoms with Gasteiger partial charge in [0.25, 0.3) is 5.91 Å². The highest BCUT2D eigenvalue weighted by Crippen LogP contribution is 2.40. The first-order valence-corrected chi connectivity index (χ1v) is 9.35. The van der Waals surface area contributed by atoms with Crippen molar-refractivity contribution in [3.05, 3.63) is 21.4 Å². The Labute approximate surface area is 141 Å². The number of carbonyl (C=O) groups is 2. The maximum Gasteiger partial charge on any atom is 0.311 e. The highest BCUT2D eigenvalue weighted by Gasteiger charge is 2.48. The molecule has 1 aromatic heterocycles. The van der Waals surface area contributed by atoms with Gasteiger partial charge >= 0.3 is 5.97 Å². The van der Waals surface area contributed by atoms with Crippen LogP contribution in [0.1, 0.15) is 54.4 Å². The van der Waals surface area contributed by atoms with Crippen LogP contribution in [-0.4, -0.2) is 35.0 Å². The molecule has 1 amide bonds. The number of hydrogen-bond donors (Lipinski definition) is 1. The second kappa shape index (κ2) is 5.93.